The van der Waals surface area contributed by atoms with E-state index in [9.17, 15) is 18.6 Å². The zero-order chi connectivity index (χ0) is 27.2. The van der Waals surface area contributed by atoms with E-state index in [0.717, 1.165) is 36.8 Å². The molecular formula is C28H35N3O6S. The molecule has 1 heterocycles. The van der Waals surface area contributed by atoms with E-state index in [4.69, 9.17) is 9.47 Å². The van der Waals surface area contributed by atoms with Gasteiger partial charge in [0.1, 0.15) is 17.5 Å². The lowest BCUT2D eigenvalue weighted by Gasteiger charge is -2.32. The van der Waals surface area contributed by atoms with Crippen molar-refractivity contribution in [1.29, 1.82) is 0 Å². The van der Waals surface area contributed by atoms with Gasteiger partial charge in [-0.2, -0.15) is 0 Å². The van der Waals surface area contributed by atoms with Crippen molar-refractivity contribution >= 4 is 39.9 Å². The molecule has 0 bridgehead atoms. The van der Waals surface area contributed by atoms with Crippen molar-refractivity contribution in [2.45, 2.75) is 65.0 Å². The molecule has 1 saturated carbocycles. The van der Waals surface area contributed by atoms with Crippen molar-refractivity contribution in [3.63, 3.8) is 0 Å². The van der Waals surface area contributed by atoms with E-state index in [1.54, 1.807) is 31.2 Å². The van der Waals surface area contributed by atoms with Crippen LogP contribution in [0.15, 0.2) is 36.4 Å². The minimum atomic E-state index is -1.79. The van der Waals surface area contributed by atoms with Crippen LogP contribution in [0.25, 0.3) is 0 Å². The number of nitrogens with zero attached hydrogens (tertiary/aromatic N) is 1. The number of nitrogens with one attached hydrogen (secondary N) is 2. The molecule has 3 amide bonds. The number of anilines is 2. The highest BCUT2D eigenvalue weighted by molar-refractivity contribution is 7.86. The molecule has 1 aliphatic heterocycles. The molecule has 2 atom stereocenters. The fourth-order valence-corrected chi connectivity index (χ4v) is 5.70. The smallest absolute Gasteiger partial charge is 0.243 e. The van der Waals surface area contributed by atoms with Crippen molar-refractivity contribution < 1.29 is 28.1 Å². The highest BCUT2D eigenvalue weighted by Crippen LogP contribution is 2.34. The fourth-order valence-electron chi connectivity index (χ4n) is 4.82. The largest absolute Gasteiger partial charge is 0.454 e. The van der Waals surface area contributed by atoms with Crippen molar-refractivity contribution in [3.8, 4) is 11.5 Å². The van der Waals surface area contributed by atoms with E-state index in [1.165, 1.54) is 11.3 Å². The molecule has 10 heteroatoms. The first-order chi connectivity index (χ1) is 18.2. The molecule has 2 N–H and O–H groups in total. The lowest BCUT2D eigenvalue weighted by molar-refractivity contribution is -0.126. The predicted octanol–water partition coefficient (Wildman–Crippen LogP) is 3.59. The van der Waals surface area contributed by atoms with Gasteiger partial charge >= 0.3 is 0 Å². The van der Waals surface area contributed by atoms with Crippen LogP contribution in [0.4, 0.5) is 11.4 Å². The summed E-state index contributed by atoms with van der Waals surface area (Å²) in [5, 5.41) is 5.78. The number of hydrogen-bond donors (Lipinski definition) is 2. The van der Waals surface area contributed by atoms with Crippen molar-refractivity contribution in [2.24, 2.45) is 0 Å². The third-order valence-electron chi connectivity index (χ3n) is 7.06. The van der Waals surface area contributed by atoms with Crippen molar-refractivity contribution in [1.82, 2.24) is 5.32 Å². The van der Waals surface area contributed by atoms with Crippen LogP contribution >= 0.6 is 0 Å². The average Bonchev–Trinajstić information content (AvgIpc) is 3.35. The molecule has 204 valence electrons. The Morgan fingerprint density at radius 1 is 1.03 bits per heavy atom. The number of fused-ring (bicyclic) bond motifs is 1. The number of carbonyl (C=O) groups is 3. The maximum atomic E-state index is 13.5. The first-order valence-electron chi connectivity index (χ1n) is 13.0. The minimum Gasteiger partial charge on any atom is -0.454 e. The summed E-state index contributed by atoms with van der Waals surface area (Å²) in [6.45, 7) is 5.64. The van der Waals surface area contributed by atoms with Gasteiger partial charge in [0.2, 0.25) is 24.5 Å². The maximum Gasteiger partial charge on any atom is 0.243 e. The van der Waals surface area contributed by atoms with Gasteiger partial charge in [-0.15, -0.1) is 0 Å². The lowest BCUT2D eigenvalue weighted by atomic mass is 9.95. The Morgan fingerprint density at radius 2 is 1.76 bits per heavy atom. The molecule has 1 fully saturated rings. The molecule has 2 aliphatic rings. The summed E-state index contributed by atoms with van der Waals surface area (Å²) in [5.74, 6) is -0.839. The quantitative estimate of drug-likeness (QED) is 0.502. The first-order valence-corrected chi connectivity index (χ1v) is 14.4. The normalized spacial score (nSPS) is 16.4. The number of amides is 3. The van der Waals surface area contributed by atoms with Crippen LogP contribution in [0.2, 0.25) is 0 Å². The minimum absolute atomic E-state index is 0.100. The highest BCUT2D eigenvalue weighted by atomic mass is 32.2. The van der Waals surface area contributed by atoms with Gasteiger partial charge in [0, 0.05) is 34.3 Å². The van der Waals surface area contributed by atoms with Crippen LogP contribution in [-0.4, -0.2) is 52.3 Å². The van der Waals surface area contributed by atoms with E-state index in [2.05, 4.69) is 10.6 Å². The SMILES string of the molecule is Cc1cccc(N(C(=O)C[S@](=O)CC(=O)Nc2ccc3c(c2)OCO3)[C@@H](C)C(=O)NC2CCCCC2)c1C. The summed E-state index contributed by atoms with van der Waals surface area (Å²) in [7, 11) is -1.79. The first kappa shape index (κ1) is 27.6. The van der Waals surface area contributed by atoms with Gasteiger partial charge < -0.3 is 20.1 Å². The van der Waals surface area contributed by atoms with Gasteiger partial charge in [0.05, 0.1) is 0 Å². The Morgan fingerprint density at radius 3 is 2.53 bits per heavy atom. The monoisotopic (exact) mass is 541 g/mol. The standard InChI is InChI=1S/C28H35N3O6S/c1-18-8-7-11-23(19(18)2)31(20(3)28(34)30-21-9-5-4-6-10-21)27(33)16-38(35)15-26(32)29-22-12-13-24-25(14-22)37-17-36-24/h7-8,11-14,20-21H,4-6,9-10,15-17H2,1-3H3,(H,29,32)(H,30,34)/t20-,38+/m0/s1. The van der Waals surface area contributed by atoms with Crippen molar-refractivity contribution in [3.05, 3.63) is 47.5 Å². The van der Waals surface area contributed by atoms with E-state index in [0.29, 0.717) is 22.9 Å². The van der Waals surface area contributed by atoms with Gasteiger partial charge in [-0.05, 0) is 62.9 Å². The van der Waals surface area contributed by atoms with Crippen LogP contribution in [-0.2, 0) is 25.2 Å². The molecule has 4 rings (SSSR count). The molecule has 9 nitrogen and oxygen atoms in total. The molecule has 0 radical (unpaired) electrons. The van der Waals surface area contributed by atoms with E-state index < -0.39 is 28.7 Å². The van der Waals surface area contributed by atoms with E-state index in [-0.39, 0.29) is 30.2 Å². The van der Waals surface area contributed by atoms with Gasteiger partial charge in [0.25, 0.3) is 0 Å². The molecule has 0 aromatic heterocycles. The molecule has 0 unspecified atom stereocenters. The number of carbonyl (C=O) groups excluding carboxylic acids is 3. The number of rotatable bonds is 9. The van der Waals surface area contributed by atoms with Gasteiger partial charge in [-0.3, -0.25) is 23.5 Å². The molecule has 0 spiro atoms. The maximum absolute atomic E-state index is 13.5. The Hall–Kier alpha value is -3.40. The number of ether oxygens (including phenoxy) is 2. The van der Waals surface area contributed by atoms with Gasteiger partial charge in [-0.25, -0.2) is 0 Å². The number of hydrogen-bond acceptors (Lipinski definition) is 6. The second-order valence-corrected chi connectivity index (χ2v) is 11.3. The van der Waals surface area contributed by atoms with Gasteiger partial charge in [-0.1, -0.05) is 31.4 Å². The topological polar surface area (TPSA) is 114 Å². The fraction of sp³-hybridized carbons (Fsp3) is 0.464. The summed E-state index contributed by atoms with van der Waals surface area (Å²) < 4.78 is 23.5. The highest BCUT2D eigenvalue weighted by Gasteiger charge is 2.31. The van der Waals surface area contributed by atoms with Crippen molar-refractivity contribution in [2.75, 3.05) is 28.5 Å². The Labute approximate surface area is 225 Å². The van der Waals surface area contributed by atoms with E-state index >= 15 is 0 Å². The number of aryl methyl sites for hydroxylation is 1. The zero-order valence-corrected chi connectivity index (χ0v) is 22.9. The molecule has 2 aromatic rings. The Balaban J connectivity index is 1.43. The summed E-state index contributed by atoms with van der Waals surface area (Å²) in [6.07, 6.45) is 5.18. The lowest BCUT2D eigenvalue weighted by Crippen LogP contribution is -2.52. The third kappa shape index (κ3) is 6.72. The molecule has 2 aromatic carbocycles. The van der Waals surface area contributed by atoms with Crippen LogP contribution in [0.3, 0.4) is 0 Å². The van der Waals surface area contributed by atoms with Crippen LogP contribution in [0, 0.1) is 13.8 Å². The summed E-state index contributed by atoms with van der Waals surface area (Å²) in [5.41, 5.74) is 2.92. The van der Waals surface area contributed by atoms with Crippen LogP contribution < -0.4 is 25.0 Å². The number of benzene rings is 2. The summed E-state index contributed by atoms with van der Waals surface area (Å²) in [4.78, 5) is 40.7. The molecular weight excluding hydrogens is 506 g/mol. The third-order valence-corrected chi connectivity index (χ3v) is 8.21. The second kappa shape index (κ2) is 12.4. The average molecular weight is 542 g/mol. The van der Waals surface area contributed by atoms with Gasteiger partial charge in [0.15, 0.2) is 11.5 Å². The zero-order valence-electron chi connectivity index (χ0n) is 22.1. The van der Waals surface area contributed by atoms with Crippen LogP contribution in [0.1, 0.15) is 50.2 Å². The molecule has 38 heavy (non-hydrogen) atoms. The second-order valence-electron chi connectivity index (χ2n) is 9.85. The predicted molar refractivity (Wildman–Crippen MR) is 147 cm³/mol. The Kier molecular flexibility index (Phi) is 9.04. The van der Waals surface area contributed by atoms with Crippen LogP contribution in [0.5, 0.6) is 11.5 Å². The molecule has 1 aliphatic carbocycles. The summed E-state index contributed by atoms with van der Waals surface area (Å²) >= 11 is 0. The van der Waals surface area contributed by atoms with E-state index in [1.807, 2.05) is 26.0 Å². The summed E-state index contributed by atoms with van der Waals surface area (Å²) in [6, 6.07) is 9.83. The molecule has 0 saturated heterocycles. The Bertz CT molecular complexity index is 1230.